The van der Waals surface area contributed by atoms with Gasteiger partial charge < -0.3 is 9.88 Å². The lowest BCUT2D eigenvalue weighted by Crippen LogP contribution is -2.46. The summed E-state index contributed by atoms with van der Waals surface area (Å²) in [6, 6.07) is 18.0. The van der Waals surface area contributed by atoms with Crippen LogP contribution in [-0.2, 0) is 16.0 Å². The number of carbonyl (C=O) groups is 3. The van der Waals surface area contributed by atoms with Gasteiger partial charge in [0.1, 0.15) is 6.04 Å². The first kappa shape index (κ1) is 21.8. The number of imide groups is 1. The number of H-pyrrole nitrogens is 1. The molecule has 166 valence electrons. The van der Waals surface area contributed by atoms with E-state index in [1.807, 2.05) is 54.0 Å². The molecule has 1 unspecified atom stereocenters. The molecular formula is C25H20IN3O3S. The second-order valence-electron chi connectivity index (χ2n) is 7.85. The molecule has 33 heavy (non-hydrogen) atoms. The van der Waals surface area contributed by atoms with Gasteiger partial charge in [-0.3, -0.25) is 14.4 Å². The van der Waals surface area contributed by atoms with E-state index >= 15 is 0 Å². The van der Waals surface area contributed by atoms with E-state index < -0.39 is 6.04 Å². The predicted molar refractivity (Wildman–Crippen MR) is 137 cm³/mol. The number of thiophene rings is 1. The Morgan fingerprint density at radius 3 is 2.64 bits per heavy atom. The molecule has 0 radical (unpaired) electrons. The van der Waals surface area contributed by atoms with Crippen molar-refractivity contribution in [3.8, 4) is 0 Å². The maximum absolute atomic E-state index is 13.4. The first-order valence-corrected chi connectivity index (χ1v) is 12.5. The minimum atomic E-state index is -0.823. The van der Waals surface area contributed by atoms with E-state index in [0.717, 1.165) is 20.0 Å². The highest BCUT2D eigenvalue weighted by Gasteiger charge is 2.44. The molecule has 3 amide bonds. The van der Waals surface area contributed by atoms with Gasteiger partial charge in [0, 0.05) is 27.2 Å². The number of nitrogens with zero attached hydrogens (tertiary/aromatic N) is 2. The zero-order valence-corrected chi connectivity index (χ0v) is 20.5. The number of amides is 3. The summed E-state index contributed by atoms with van der Waals surface area (Å²) in [7, 11) is 0. The second kappa shape index (κ2) is 9.11. The molecular weight excluding hydrogens is 549 g/mol. The summed E-state index contributed by atoms with van der Waals surface area (Å²) in [5, 5.41) is 2.93. The third-order valence-electron chi connectivity index (χ3n) is 5.87. The van der Waals surface area contributed by atoms with Crippen LogP contribution in [0.25, 0.3) is 10.9 Å². The zero-order chi connectivity index (χ0) is 22.9. The zero-order valence-electron chi connectivity index (χ0n) is 17.5. The third kappa shape index (κ3) is 4.20. The van der Waals surface area contributed by atoms with Crippen LogP contribution in [0.2, 0.25) is 0 Å². The summed E-state index contributed by atoms with van der Waals surface area (Å²) >= 11 is 3.52. The van der Waals surface area contributed by atoms with Crippen molar-refractivity contribution in [2.24, 2.45) is 0 Å². The molecule has 0 spiro atoms. The van der Waals surface area contributed by atoms with Gasteiger partial charge >= 0.3 is 0 Å². The Hall–Kier alpha value is -2.98. The molecule has 0 bridgehead atoms. The van der Waals surface area contributed by atoms with Crippen molar-refractivity contribution in [2.45, 2.75) is 18.9 Å². The minimum absolute atomic E-state index is 0.0180. The van der Waals surface area contributed by atoms with Crippen LogP contribution < -0.4 is 4.90 Å². The van der Waals surface area contributed by atoms with E-state index in [1.54, 1.807) is 23.1 Å². The number of para-hydroxylation sites is 1. The van der Waals surface area contributed by atoms with Gasteiger partial charge in [-0.1, -0.05) is 24.3 Å². The molecule has 1 saturated heterocycles. The van der Waals surface area contributed by atoms with E-state index in [9.17, 15) is 14.4 Å². The minimum Gasteiger partial charge on any atom is -0.361 e. The highest BCUT2D eigenvalue weighted by atomic mass is 127. The summed E-state index contributed by atoms with van der Waals surface area (Å²) < 4.78 is 1.01. The van der Waals surface area contributed by atoms with E-state index in [1.165, 1.54) is 16.2 Å². The van der Waals surface area contributed by atoms with Crippen LogP contribution in [0.1, 0.15) is 21.7 Å². The SMILES string of the molecule is O=C1CC(N(CCc2c[nH]c3ccccc23)C(=O)c2cccs2)C(=O)N1c1ccc(I)cc1. The topological polar surface area (TPSA) is 73.5 Å². The van der Waals surface area contributed by atoms with Crippen molar-refractivity contribution < 1.29 is 14.4 Å². The summed E-state index contributed by atoms with van der Waals surface area (Å²) in [6.07, 6.45) is 2.50. The molecule has 2 aromatic carbocycles. The summed E-state index contributed by atoms with van der Waals surface area (Å²) in [5.41, 5.74) is 2.63. The maximum atomic E-state index is 13.4. The van der Waals surface area contributed by atoms with E-state index in [-0.39, 0.29) is 24.1 Å². The lowest BCUT2D eigenvalue weighted by atomic mass is 10.1. The fourth-order valence-electron chi connectivity index (χ4n) is 4.24. The van der Waals surface area contributed by atoms with Crippen LogP contribution in [0.3, 0.4) is 0 Å². The fourth-order valence-corrected chi connectivity index (χ4v) is 5.28. The van der Waals surface area contributed by atoms with E-state index in [2.05, 4.69) is 27.6 Å². The lowest BCUT2D eigenvalue weighted by molar-refractivity contribution is -0.122. The van der Waals surface area contributed by atoms with Gasteiger partial charge in [-0.2, -0.15) is 0 Å². The van der Waals surface area contributed by atoms with E-state index in [4.69, 9.17) is 0 Å². The Morgan fingerprint density at radius 1 is 1.09 bits per heavy atom. The molecule has 1 aliphatic rings. The maximum Gasteiger partial charge on any atom is 0.264 e. The number of hydrogen-bond acceptors (Lipinski definition) is 4. The lowest BCUT2D eigenvalue weighted by Gasteiger charge is -2.27. The fraction of sp³-hybridized carbons (Fsp3) is 0.160. The Kier molecular flexibility index (Phi) is 6.03. The third-order valence-corrected chi connectivity index (χ3v) is 7.45. The molecule has 3 heterocycles. The monoisotopic (exact) mass is 569 g/mol. The smallest absolute Gasteiger partial charge is 0.264 e. The van der Waals surface area contributed by atoms with Crippen molar-refractivity contribution in [1.82, 2.24) is 9.88 Å². The number of anilines is 1. The summed E-state index contributed by atoms with van der Waals surface area (Å²) in [5.74, 6) is -0.868. The molecule has 0 saturated carbocycles. The van der Waals surface area contributed by atoms with Gasteiger partial charge in [0.2, 0.25) is 5.91 Å². The van der Waals surface area contributed by atoms with Crippen LogP contribution in [0, 0.1) is 3.57 Å². The number of aromatic amines is 1. The molecule has 8 heteroatoms. The summed E-state index contributed by atoms with van der Waals surface area (Å²) in [6.45, 7) is 0.336. The predicted octanol–water partition coefficient (Wildman–Crippen LogP) is 4.85. The quantitative estimate of drug-likeness (QED) is 0.267. The van der Waals surface area contributed by atoms with Gasteiger partial charge in [-0.05, 0) is 76.4 Å². The average molecular weight is 569 g/mol. The van der Waals surface area contributed by atoms with E-state index in [0.29, 0.717) is 23.5 Å². The van der Waals surface area contributed by atoms with Gasteiger partial charge in [0.25, 0.3) is 11.8 Å². The number of nitrogens with one attached hydrogen (secondary N) is 1. The number of fused-ring (bicyclic) bond motifs is 1. The van der Waals surface area contributed by atoms with Crippen LogP contribution >= 0.6 is 33.9 Å². The highest BCUT2D eigenvalue weighted by molar-refractivity contribution is 14.1. The normalized spacial score (nSPS) is 16.0. The number of benzene rings is 2. The van der Waals surface area contributed by atoms with Gasteiger partial charge in [0.15, 0.2) is 0 Å². The average Bonchev–Trinajstić information content (AvgIpc) is 3.55. The molecule has 2 aromatic heterocycles. The number of hydrogen-bond donors (Lipinski definition) is 1. The Bertz CT molecular complexity index is 1330. The number of halogens is 1. The van der Waals surface area contributed by atoms with Gasteiger partial charge in [-0.25, -0.2) is 4.90 Å². The molecule has 1 fully saturated rings. The molecule has 4 aromatic rings. The first-order chi connectivity index (χ1) is 16.0. The van der Waals surface area contributed by atoms with Crippen LogP contribution in [0.5, 0.6) is 0 Å². The van der Waals surface area contributed by atoms with Crippen LogP contribution in [0.15, 0.2) is 72.2 Å². The number of carbonyl (C=O) groups excluding carboxylic acids is 3. The van der Waals surface area contributed by atoms with Gasteiger partial charge in [-0.15, -0.1) is 11.3 Å². The molecule has 1 atom stereocenters. The Labute approximate surface area is 208 Å². The molecule has 1 N–H and O–H groups in total. The van der Waals surface area contributed by atoms with Crippen molar-refractivity contribution in [3.63, 3.8) is 0 Å². The second-order valence-corrected chi connectivity index (χ2v) is 10.0. The van der Waals surface area contributed by atoms with Crippen LogP contribution in [0.4, 0.5) is 5.69 Å². The molecule has 1 aliphatic heterocycles. The van der Waals surface area contributed by atoms with Crippen molar-refractivity contribution >= 4 is 68.2 Å². The Morgan fingerprint density at radius 2 is 1.88 bits per heavy atom. The van der Waals surface area contributed by atoms with Crippen molar-refractivity contribution in [3.05, 3.63) is 86.3 Å². The molecule has 6 nitrogen and oxygen atoms in total. The number of aromatic nitrogens is 1. The highest BCUT2D eigenvalue weighted by Crippen LogP contribution is 2.28. The van der Waals surface area contributed by atoms with Crippen LogP contribution in [-0.4, -0.2) is 40.2 Å². The summed E-state index contributed by atoms with van der Waals surface area (Å²) in [4.78, 5) is 46.3. The first-order valence-electron chi connectivity index (χ1n) is 10.5. The van der Waals surface area contributed by atoms with Crippen molar-refractivity contribution in [2.75, 3.05) is 11.4 Å². The van der Waals surface area contributed by atoms with Crippen molar-refractivity contribution in [1.29, 1.82) is 0 Å². The largest absolute Gasteiger partial charge is 0.361 e. The van der Waals surface area contributed by atoms with Gasteiger partial charge in [0.05, 0.1) is 17.0 Å². The Balaban J connectivity index is 1.44. The standard InChI is InChI=1S/C25H20IN3O3S/c26-17-7-9-18(10-8-17)29-23(30)14-21(24(29)31)28(25(32)22-6-3-13-33-22)12-11-16-15-27-20-5-2-1-4-19(16)20/h1-10,13,15,21,27H,11-12,14H2. The number of rotatable bonds is 6. The molecule has 0 aliphatic carbocycles. The molecule has 5 rings (SSSR count).